The minimum atomic E-state index is -1.09. The summed E-state index contributed by atoms with van der Waals surface area (Å²) in [6.07, 6.45) is 0.780. The normalized spacial score (nSPS) is 16.5. The second-order valence-corrected chi connectivity index (χ2v) is 8.43. The monoisotopic (exact) mass is 420 g/mol. The number of Topliss-reactive ketones (excluding diaryl/α,β-unsaturated/α-hetero) is 1. The van der Waals surface area contributed by atoms with Crippen molar-refractivity contribution in [1.82, 2.24) is 9.88 Å². The summed E-state index contributed by atoms with van der Waals surface area (Å²) in [6.45, 7) is 5.54. The molecule has 0 radical (unpaired) electrons. The Kier molecular flexibility index (Phi) is 4.88. The summed E-state index contributed by atoms with van der Waals surface area (Å²) < 4.78 is 0. The van der Waals surface area contributed by atoms with Crippen LogP contribution in [-0.4, -0.2) is 51.6 Å². The third-order valence-corrected chi connectivity index (χ3v) is 5.99. The first kappa shape index (κ1) is 20.7. The van der Waals surface area contributed by atoms with Crippen molar-refractivity contribution in [3.05, 3.63) is 58.4 Å². The zero-order valence-electron chi connectivity index (χ0n) is 17.7. The van der Waals surface area contributed by atoms with Crippen LogP contribution in [0.4, 0.5) is 5.69 Å². The number of ketones is 1. The van der Waals surface area contributed by atoms with Crippen molar-refractivity contribution in [3.8, 4) is 0 Å². The Balaban J connectivity index is 1.57. The van der Waals surface area contributed by atoms with E-state index in [1.54, 1.807) is 36.9 Å². The van der Waals surface area contributed by atoms with E-state index in [2.05, 4.69) is 4.98 Å². The van der Waals surface area contributed by atoms with Gasteiger partial charge in [0.15, 0.2) is 5.78 Å². The first-order chi connectivity index (χ1) is 14.6. The highest BCUT2D eigenvalue weighted by molar-refractivity contribution is 6.11. The molecule has 8 nitrogen and oxygen atoms in total. The van der Waals surface area contributed by atoms with E-state index in [0.29, 0.717) is 29.1 Å². The van der Waals surface area contributed by atoms with E-state index in [4.69, 9.17) is 10.5 Å². The van der Waals surface area contributed by atoms with E-state index in [1.165, 1.54) is 4.90 Å². The molecule has 0 saturated carbocycles. The number of aryl methyl sites for hydroxylation is 1. The number of amides is 1. The Morgan fingerprint density at radius 2 is 1.94 bits per heavy atom. The molecular formula is C23H24N4O4. The molecule has 1 aromatic heterocycles. The molecule has 4 rings (SSSR count). The maximum Gasteiger partial charge on any atom is 0.323 e. The highest BCUT2D eigenvalue weighted by Gasteiger charge is 2.44. The number of rotatable bonds is 6. The summed E-state index contributed by atoms with van der Waals surface area (Å²) in [5.41, 5.74) is 3.14. The van der Waals surface area contributed by atoms with Crippen molar-refractivity contribution in [3.63, 3.8) is 0 Å². The van der Waals surface area contributed by atoms with Crippen LogP contribution in [0.2, 0.25) is 0 Å². The van der Waals surface area contributed by atoms with Crippen molar-refractivity contribution in [2.45, 2.75) is 39.2 Å². The number of carboxylic acids is 1. The molecule has 2 aromatic rings. The van der Waals surface area contributed by atoms with E-state index in [-0.39, 0.29) is 24.1 Å². The van der Waals surface area contributed by atoms with Gasteiger partial charge in [-0.1, -0.05) is 13.0 Å². The summed E-state index contributed by atoms with van der Waals surface area (Å²) in [6, 6.07) is 8.83. The summed E-state index contributed by atoms with van der Waals surface area (Å²) in [5, 5.41) is 17.6. The highest BCUT2D eigenvalue weighted by atomic mass is 16.4. The molecule has 0 bridgehead atoms. The number of fused-ring (bicyclic) bond motifs is 2. The van der Waals surface area contributed by atoms with Gasteiger partial charge in [-0.05, 0) is 50.1 Å². The molecule has 2 N–H and O–H groups in total. The van der Waals surface area contributed by atoms with E-state index >= 15 is 0 Å². The lowest BCUT2D eigenvalue weighted by Gasteiger charge is -2.18. The number of hydrogen-bond donors (Lipinski definition) is 2. The van der Waals surface area contributed by atoms with Gasteiger partial charge >= 0.3 is 5.97 Å². The van der Waals surface area contributed by atoms with E-state index in [1.807, 2.05) is 19.1 Å². The van der Waals surface area contributed by atoms with Gasteiger partial charge in [0.1, 0.15) is 18.1 Å². The van der Waals surface area contributed by atoms with Crippen molar-refractivity contribution < 1.29 is 19.5 Å². The lowest BCUT2D eigenvalue weighted by atomic mass is 9.85. The summed E-state index contributed by atoms with van der Waals surface area (Å²) >= 11 is 0. The Hall–Kier alpha value is -3.55. The molecule has 31 heavy (non-hydrogen) atoms. The van der Waals surface area contributed by atoms with Gasteiger partial charge in [-0.2, -0.15) is 0 Å². The highest BCUT2D eigenvalue weighted by Crippen LogP contribution is 2.42. The number of carboxylic acid groups (broad SMARTS) is 1. The molecule has 2 aliphatic heterocycles. The number of aromatic nitrogens is 1. The number of amidine groups is 1. The number of hydrogen-bond acceptors (Lipinski definition) is 5. The predicted molar refractivity (Wildman–Crippen MR) is 115 cm³/mol. The topological polar surface area (TPSA) is 115 Å². The number of carbonyl (C=O) groups is 3. The molecule has 160 valence electrons. The third-order valence-electron chi connectivity index (χ3n) is 5.99. The maximum atomic E-state index is 13.0. The van der Waals surface area contributed by atoms with Crippen LogP contribution in [0.25, 0.3) is 0 Å². The summed E-state index contributed by atoms with van der Waals surface area (Å²) in [4.78, 5) is 44.4. The van der Waals surface area contributed by atoms with Gasteiger partial charge < -0.3 is 14.9 Å². The van der Waals surface area contributed by atoms with E-state index in [0.717, 1.165) is 17.7 Å². The summed E-state index contributed by atoms with van der Waals surface area (Å²) in [7, 11) is 0. The van der Waals surface area contributed by atoms with Gasteiger partial charge in [0, 0.05) is 29.1 Å². The van der Waals surface area contributed by atoms with Crippen LogP contribution in [0.3, 0.4) is 0 Å². The molecular weight excluding hydrogens is 396 g/mol. The first-order valence-corrected chi connectivity index (χ1v) is 10.2. The Bertz CT molecular complexity index is 1140. The SMILES string of the molecule is CCc1ccc2c(n1)C(=N)N(CC(=O)c1ccc3c(c1)C(C)(C)C(=O)N3CC(=O)O)C2. The fourth-order valence-electron chi connectivity index (χ4n) is 4.19. The predicted octanol–water partition coefficient (Wildman–Crippen LogP) is 2.38. The molecule has 0 aliphatic carbocycles. The van der Waals surface area contributed by atoms with Gasteiger partial charge in [0.25, 0.3) is 0 Å². The largest absolute Gasteiger partial charge is 0.480 e. The average molecular weight is 420 g/mol. The molecule has 3 heterocycles. The van der Waals surface area contributed by atoms with Crippen LogP contribution in [-0.2, 0) is 28.0 Å². The molecule has 1 aromatic carbocycles. The van der Waals surface area contributed by atoms with E-state index in [9.17, 15) is 14.4 Å². The van der Waals surface area contributed by atoms with Crippen molar-refractivity contribution in [2.24, 2.45) is 0 Å². The average Bonchev–Trinajstić information content (AvgIpc) is 3.14. The number of carbonyl (C=O) groups excluding carboxylic acids is 2. The third kappa shape index (κ3) is 3.37. The zero-order valence-corrected chi connectivity index (χ0v) is 17.7. The molecule has 0 spiro atoms. The number of pyridine rings is 1. The number of benzene rings is 1. The number of anilines is 1. The molecule has 0 atom stereocenters. The fraction of sp³-hybridized carbons (Fsp3) is 0.348. The van der Waals surface area contributed by atoms with Gasteiger partial charge in [0.05, 0.1) is 12.0 Å². The van der Waals surface area contributed by atoms with Gasteiger partial charge in [-0.3, -0.25) is 19.8 Å². The molecule has 0 unspecified atom stereocenters. The molecule has 1 amide bonds. The molecule has 2 aliphatic rings. The Morgan fingerprint density at radius 1 is 1.19 bits per heavy atom. The van der Waals surface area contributed by atoms with Crippen LogP contribution in [0, 0.1) is 5.41 Å². The number of aliphatic carboxylic acids is 1. The minimum absolute atomic E-state index is 0.0304. The zero-order chi connectivity index (χ0) is 22.5. The second-order valence-electron chi connectivity index (χ2n) is 8.43. The second kappa shape index (κ2) is 7.30. The standard InChI is InChI=1S/C23H24N4O4/c1-4-15-7-5-14-10-26(21(24)20(14)25-15)11-18(28)13-6-8-17-16(9-13)23(2,3)22(31)27(17)12-19(29)30/h5-9,24H,4,10-12H2,1-3H3,(H,29,30). The first-order valence-electron chi connectivity index (χ1n) is 10.2. The maximum absolute atomic E-state index is 13.0. The van der Waals surface area contributed by atoms with Crippen LogP contribution >= 0.6 is 0 Å². The van der Waals surface area contributed by atoms with Crippen LogP contribution < -0.4 is 4.90 Å². The van der Waals surface area contributed by atoms with Crippen LogP contribution in [0.15, 0.2) is 30.3 Å². The number of nitrogens with zero attached hydrogens (tertiary/aromatic N) is 3. The van der Waals surface area contributed by atoms with Gasteiger partial charge in [0.2, 0.25) is 5.91 Å². The molecule has 0 fully saturated rings. The van der Waals surface area contributed by atoms with Crippen LogP contribution in [0.1, 0.15) is 53.6 Å². The quantitative estimate of drug-likeness (QED) is 0.694. The smallest absolute Gasteiger partial charge is 0.323 e. The minimum Gasteiger partial charge on any atom is -0.480 e. The lowest BCUT2D eigenvalue weighted by Crippen LogP contribution is -2.39. The van der Waals surface area contributed by atoms with Crippen molar-refractivity contribution in [2.75, 3.05) is 18.0 Å². The van der Waals surface area contributed by atoms with Gasteiger partial charge in [-0.15, -0.1) is 0 Å². The Labute approximate surface area is 180 Å². The fourth-order valence-corrected chi connectivity index (χ4v) is 4.19. The molecule has 8 heteroatoms. The van der Waals surface area contributed by atoms with Crippen LogP contribution in [0.5, 0.6) is 0 Å². The number of nitrogens with one attached hydrogen (secondary N) is 1. The summed E-state index contributed by atoms with van der Waals surface area (Å²) in [5.74, 6) is -1.33. The lowest BCUT2D eigenvalue weighted by molar-refractivity contribution is -0.137. The van der Waals surface area contributed by atoms with Crippen molar-refractivity contribution >= 4 is 29.2 Å². The van der Waals surface area contributed by atoms with Gasteiger partial charge in [-0.25, -0.2) is 4.98 Å². The molecule has 0 saturated heterocycles. The van der Waals surface area contributed by atoms with Crippen molar-refractivity contribution in [1.29, 1.82) is 5.41 Å². The Morgan fingerprint density at radius 3 is 2.61 bits per heavy atom. The van der Waals surface area contributed by atoms with E-state index < -0.39 is 17.9 Å².